The van der Waals surface area contributed by atoms with Crippen LogP contribution in [-0.4, -0.2) is 9.67 Å². The van der Waals surface area contributed by atoms with Gasteiger partial charge >= 0.3 is 0 Å². The Labute approximate surface area is 91.8 Å². The van der Waals surface area contributed by atoms with Gasteiger partial charge in [-0.25, -0.2) is 8.78 Å². The summed E-state index contributed by atoms with van der Waals surface area (Å²) in [4.78, 5) is 0. The van der Waals surface area contributed by atoms with Crippen LogP contribution < -0.4 is 0 Å². The summed E-state index contributed by atoms with van der Waals surface area (Å²) in [6, 6.07) is 5.11. The molecule has 0 radical (unpaired) electrons. The normalized spacial score (nSPS) is 10.7. The lowest BCUT2D eigenvalue weighted by molar-refractivity contribution is 0.282. The van der Waals surface area contributed by atoms with Gasteiger partial charge in [0.15, 0.2) is 0 Å². The average molecular weight is 223 g/mol. The van der Waals surface area contributed by atoms with Crippen LogP contribution in [-0.2, 0) is 13.2 Å². The topological polar surface area (TPSA) is 25.2 Å². The van der Waals surface area contributed by atoms with Crippen LogP contribution in [0.15, 0.2) is 36.7 Å². The van der Waals surface area contributed by atoms with Crippen molar-refractivity contribution < 1.29 is 13.9 Å². The van der Waals surface area contributed by atoms with Gasteiger partial charge in [0.25, 0.3) is 0 Å². The van der Waals surface area contributed by atoms with Crippen molar-refractivity contribution in [1.82, 2.24) is 4.57 Å². The van der Waals surface area contributed by atoms with Gasteiger partial charge in [-0.1, -0.05) is 0 Å². The molecular weight excluding hydrogens is 212 g/mol. The second kappa shape index (κ2) is 4.45. The molecular formula is C12H11F2NO. The summed E-state index contributed by atoms with van der Waals surface area (Å²) in [5, 5.41) is 8.87. The Bertz CT molecular complexity index is 494. The van der Waals surface area contributed by atoms with Crippen molar-refractivity contribution in [2.24, 2.45) is 0 Å². The zero-order valence-corrected chi connectivity index (χ0v) is 8.53. The highest BCUT2D eigenvalue weighted by Crippen LogP contribution is 2.12. The van der Waals surface area contributed by atoms with E-state index in [1.165, 1.54) is 6.07 Å². The van der Waals surface area contributed by atoms with Gasteiger partial charge in [-0.05, 0) is 29.8 Å². The predicted octanol–water partition coefficient (Wildman–Crippen LogP) is 2.31. The molecule has 0 atom stereocenters. The zero-order chi connectivity index (χ0) is 11.5. The smallest absolute Gasteiger partial charge is 0.128 e. The molecule has 1 heterocycles. The van der Waals surface area contributed by atoms with E-state index in [4.69, 9.17) is 5.11 Å². The monoisotopic (exact) mass is 223 g/mol. The van der Waals surface area contributed by atoms with E-state index >= 15 is 0 Å². The number of rotatable bonds is 3. The number of aliphatic hydroxyl groups is 1. The Morgan fingerprint density at radius 3 is 2.69 bits per heavy atom. The minimum atomic E-state index is -0.453. The average Bonchev–Trinajstić information content (AvgIpc) is 2.71. The molecule has 0 unspecified atom stereocenters. The van der Waals surface area contributed by atoms with E-state index in [-0.39, 0.29) is 13.2 Å². The largest absolute Gasteiger partial charge is 0.392 e. The summed E-state index contributed by atoms with van der Waals surface area (Å²) in [6.07, 6.45) is 3.42. The Balaban J connectivity index is 2.22. The third-order valence-electron chi connectivity index (χ3n) is 2.35. The minimum Gasteiger partial charge on any atom is -0.392 e. The molecule has 0 aliphatic carbocycles. The molecule has 0 aliphatic rings. The fourth-order valence-electron chi connectivity index (χ4n) is 1.54. The Morgan fingerprint density at radius 2 is 2.00 bits per heavy atom. The summed E-state index contributed by atoms with van der Waals surface area (Å²) < 4.78 is 27.9. The zero-order valence-electron chi connectivity index (χ0n) is 8.53. The first-order chi connectivity index (χ1) is 7.69. The van der Waals surface area contributed by atoms with E-state index in [9.17, 15) is 8.78 Å². The molecule has 1 N–H and O–H groups in total. The number of nitrogens with zero attached hydrogens (tertiary/aromatic N) is 1. The summed E-state index contributed by atoms with van der Waals surface area (Å²) in [5.41, 5.74) is 1.04. The molecule has 4 heteroatoms. The summed E-state index contributed by atoms with van der Waals surface area (Å²) in [5.74, 6) is -0.883. The van der Waals surface area contributed by atoms with E-state index in [0.717, 1.165) is 17.7 Å². The third-order valence-corrected chi connectivity index (χ3v) is 2.35. The van der Waals surface area contributed by atoms with Crippen molar-refractivity contribution >= 4 is 0 Å². The number of hydrogen-bond acceptors (Lipinski definition) is 1. The highest BCUT2D eigenvalue weighted by molar-refractivity contribution is 5.20. The van der Waals surface area contributed by atoms with Crippen LogP contribution in [0.1, 0.15) is 11.1 Å². The highest BCUT2D eigenvalue weighted by atomic mass is 19.1. The van der Waals surface area contributed by atoms with E-state index < -0.39 is 11.6 Å². The molecule has 0 saturated carbocycles. The van der Waals surface area contributed by atoms with Gasteiger partial charge in [-0.15, -0.1) is 0 Å². The fraction of sp³-hybridized carbons (Fsp3) is 0.167. The van der Waals surface area contributed by atoms with Crippen LogP contribution >= 0.6 is 0 Å². The molecule has 0 fully saturated rings. The molecule has 0 saturated heterocycles. The Hall–Kier alpha value is -1.68. The van der Waals surface area contributed by atoms with E-state index in [1.54, 1.807) is 23.0 Å². The first-order valence-corrected chi connectivity index (χ1v) is 4.88. The van der Waals surface area contributed by atoms with Crippen LogP contribution in [0.4, 0.5) is 8.78 Å². The lowest BCUT2D eigenvalue weighted by Gasteiger charge is -2.04. The van der Waals surface area contributed by atoms with Gasteiger partial charge in [0.05, 0.1) is 6.61 Å². The minimum absolute atomic E-state index is 0.0569. The quantitative estimate of drug-likeness (QED) is 0.848. The van der Waals surface area contributed by atoms with E-state index in [2.05, 4.69) is 0 Å². The molecule has 0 amide bonds. The summed E-state index contributed by atoms with van der Waals surface area (Å²) in [7, 11) is 0. The standard InChI is InChI=1S/C12H11F2NO/c13-11-1-2-12(14)10(5-11)7-15-4-3-9(6-15)8-16/h1-6,16H,7-8H2. The number of aliphatic hydroxyl groups excluding tert-OH is 1. The maximum absolute atomic E-state index is 13.3. The first kappa shape index (κ1) is 10.8. The molecule has 1 aromatic heterocycles. The Kier molecular flexibility index (Phi) is 3.01. The molecule has 2 rings (SSSR count). The lowest BCUT2D eigenvalue weighted by Crippen LogP contribution is -2.00. The van der Waals surface area contributed by atoms with Gasteiger partial charge in [-0.2, -0.15) is 0 Å². The SMILES string of the molecule is OCc1ccn(Cc2cc(F)ccc2F)c1. The van der Waals surface area contributed by atoms with Crippen LogP contribution in [0.3, 0.4) is 0 Å². The number of aromatic nitrogens is 1. The van der Waals surface area contributed by atoms with Crippen LogP contribution in [0.25, 0.3) is 0 Å². The molecule has 2 nitrogen and oxygen atoms in total. The fourth-order valence-corrected chi connectivity index (χ4v) is 1.54. The van der Waals surface area contributed by atoms with Gasteiger partial charge in [-0.3, -0.25) is 0 Å². The second-order valence-electron chi connectivity index (χ2n) is 3.59. The van der Waals surface area contributed by atoms with Crippen molar-refractivity contribution in [2.45, 2.75) is 13.2 Å². The number of benzene rings is 1. The maximum atomic E-state index is 13.3. The highest BCUT2D eigenvalue weighted by Gasteiger charge is 2.04. The number of hydrogen-bond donors (Lipinski definition) is 1. The van der Waals surface area contributed by atoms with Crippen LogP contribution in [0.2, 0.25) is 0 Å². The first-order valence-electron chi connectivity index (χ1n) is 4.88. The van der Waals surface area contributed by atoms with Gasteiger partial charge in [0, 0.05) is 24.5 Å². The summed E-state index contributed by atoms with van der Waals surface area (Å²) in [6.45, 7) is 0.197. The van der Waals surface area contributed by atoms with Crippen molar-refractivity contribution in [2.75, 3.05) is 0 Å². The van der Waals surface area contributed by atoms with Crippen LogP contribution in [0.5, 0.6) is 0 Å². The number of halogens is 2. The molecule has 0 bridgehead atoms. The van der Waals surface area contributed by atoms with E-state index in [0.29, 0.717) is 5.56 Å². The molecule has 2 aromatic rings. The van der Waals surface area contributed by atoms with Crippen molar-refractivity contribution in [1.29, 1.82) is 0 Å². The molecule has 16 heavy (non-hydrogen) atoms. The van der Waals surface area contributed by atoms with Crippen molar-refractivity contribution in [3.05, 3.63) is 59.4 Å². The van der Waals surface area contributed by atoms with E-state index in [1.807, 2.05) is 0 Å². The van der Waals surface area contributed by atoms with Crippen LogP contribution in [0, 0.1) is 11.6 Å². The van der Waals surface area contributed by atoms with Gasteiger partial charge < -0.3 is 9.67 Å². The molecule has 0 spiro atoms. The molecule has 84 valence electrons. The molecule has 0 aliphatic heterocycles. The predicted molar refractivity (Wildman–Crippen MR) is 55.8 cm³/mol. The van der Waals surface area contributed by atoms with Crippen molar-refractivity contribution in [3.8, 4) is 0 Å². The lowest BCUT2D eigenvalue weighted by atomic mass is 10.2. The second-order valence-corrected chi connectivity index (χ2v) is 3.59. The van der Waals surface area contributed by atoms with Gasteiger partial charge in [0.2, 0.25) is 0 Å². The summed E-state index contributed by atoms with van der Waals surface area (Å²) >= 11 is 0. The molecule has 1 aromatic carbocycles. The maximum Gasteiger partial charge on any atom is 0.128 e. The Morgan fingerprint density at radius 1 is 1.19 bits per heavy atom. The van der Waals surface area contributed by atoms with Crippen molar-refractivity contribution in [3.63, 3.8) is 0 Å². The third kappa shape index (κ3) is 2.28. The van der Waals surface area contributed by atoms with Gasteiger partial charge in [0.1, 0.15) is 11.6 Å².